The SMILES string of the molecule is O=C(CCc1ccco1)N1CCN(Cc2nc(-c3cccs3)no2)CC1. The van der Waals surface area contributed by atoms with Gasteiger partial charge >= 0.3 is 0 Å². The van der Waals surface area contributed by atoms with Crippen LogP contribution in [0, 0.1) is 0 Å². The minimum absolute atomic E-state index is 0.179. The van der Waals surface area contributed by atoms with Crippen LogP contribution in [0.3, 0.4) is 0 Å². The molecule has 4 heterocycles. The summed E-state index contributed by atoms with van der Waals surface area (Å²) in [6.45, 7) is 3.69. The predicted molar refractivity (Wildman–Crippen MR) is 96.5 cm³/mol. The summed E-state index contributed by atoms with van der Waals surface area (Å²) in [5.74, 6) is 2.29. The predicted octanol–water partition coefficient (Wildman–Crippen LogP) is 2.67. The van der Waals surface area contributed by atoms with Crippen molar-refractivity contribution < 1.29 is 13.7 Å². The van der Waals surface area contributed by atoms with Crippen LogP contribution < -0.4 is 0 Å². The molecule has 3 aromatic rings. The first-order valence-corrected chi connectivity index (χ1v) is 9.55. The van der Waals surface area contributed by atoms with Gasteiger partial charge in [-0.2, -0.15) is 4.98 Å². The Morgan fingerprint density at radius 2 is 2.08 bits per heavy atom. The van der Waals surface area contributed by atoms with Gasteiger partial charge < -0.3 is 13.8 Å². The van der Waals surface area contributed by atoms with Crippen LogP contribution >= 0.6 is 11.3 Å². The van der Waals surface area contributed by atoms with Crippen molar-refractivity contribution >= 4 is 17.2 Å². The van der Waals surface area contributed by atoms with E-state index in [9.17, 15) is 4.79 Å². The first kappa shape index (κ1) is 17.0. The molecule has 0 aliphatic carbocycles. The van der Waals surface area contributed by atoms with Gasteiger partial charge in [0.25, 0.3) is 0 Å². The van der Waals surface area contributed by atoms with E-state index in [1.54, 1.807) is 17.6 Å². The molecule has 8 heteroatoms. The number of piperazine rings is 1. The molecule has 0 radical (unpaired) electrons. The van der Waals surface area contributed by atoms with Crippen molar-refractivity contribution in [3.05, 3.63) is 47.6 Å². The number of hydrogen-bond donors (Lipinski definition) is 0. The molecule has 0 N–H and O–H groups in total. The van der Waals surface area contributed by atoms with E-state index in [4.69, 9.17) is 8.94 Å². The van der Waals surface area contributed by atoms with Gasteiger partial charge in [-0.1, -0.05) is 11.2 Å². The highest BCUT2D eigenvalue weighted by Crippen LogP contribution is 2.21. The monoisotopic (exact) mass is 372 g/mol. The number of amides is 1. The van der Waals surface area contributed by atoms with Gasteiger partial charge in [0, 0.05) is 39.0 Å². The minimum atomic E-state index is 0.179. The highest BCUT2D eigenvalue weighted by Gasteiger charge is 2.22. The molecule has 1 saturated heterocycles. The standard InChI is InChI=1S/C18H20N4O3S/c23-17(6-5-14-3-1-11-24-14)22-9-7-21(8-10-22)13-16-19-18(20-25-16)15-4-2-12-26-15/h1-4,11-12H,5-10,13H2. The van der Waals surface area contributed by atoms with Gasteiger partial charge in [0.15, 0.2) is 0 Å². The maximum absolute atomic E-state index is 12.3. The van der Waals surface area contributed by atoms with E-state index in [0.717, 1.165) is 36.8 Å². The second-order valence-electron chi connectivity index (χ2n) is 6.23. The zero-order valence-corrected chi connectivity index (χ0v) is 15.2. The van der Waals surface area contributed by atoms with Crippen LogP contribution in [-0.2, 0) is 17.8 Å². The largest absolute Gasteiger partial charge is 0.469 e. The molecule has 136 valence electrons. The van der Waals surface area contributed by atoms with Gasteiger partial charge in [-0.05, 0) is 23.6 Å². The fraction of sp³-hybridized carbons (Fsp3) is 0.389. The van der Waals surface area contributed by atoms with Crippen molar-refractivity contribution in [1.82, 2.24) is 19.9 Å². The highest BCUT2D eigenvalue weighted by atomic mass is 32.1. The van der Waals surface area contributed by atoms with E-state index >= 15 is 0 Å². The van der Waals surface area contributed by atoms with E-state index in [0.29, 0.717) is 31.1 Å². The van der Waals surface area contributed by atoms with Gasteiger partial charge in [-0.25, -0.2) is 0 Å². The third-order valence-electron chi connectivity index (χ3n) is 4.46. The Bertz CT molecular complexity index is 821. The fourth-order valence-corrected chi connectivity index (χ4v) is 3.66. The minimum Gasteiger partial charge on any atom is -0.469 e. The molecule has 0 spiro atoms. The molecular weight excluding hydrogens is 352 g/mol. The number of aryl methyl sites for hydroxylation is 1. The number of rotatable bonds is 6. The number of hydrogen-bond acceptors (Lipinski definition) is 7. The van der Waals surface area contributed by atoms with Crippen LogP contribution in [0.15, 0.2) is 44.8 Å². The molecule has 0 aromatic carbocycles. The summed E-state index contributed by atoms with van der Waals surface area (Å²) in [6, 6.07) is 7.70. The van der Waals surface area contributed by atoms with E-state index in [1.807, 2.05) is 34.5 Å². The average Bonchev–Trinajstić information content (AvgIpc) is 3.41. The first-order valence-electron chi connectivity index (χ1n) is 8.67. The van der Waals surface area contributed by atoms with E-state index < -0.39 is 0 Å². The number of carbonyl (C=O) groups excluding carboxylic acids is 1. The van der Waals surface area contributed by atoms with Crippen LogP contribution in [0.2, 0.25) is 0 Å². The average molecular weight is 372 g/mol. The van der Waals surface area contributed by atoms with Crippen molar-refractivity contribution in [2.24, 2.45) is 0 Å². The molecule has 0 atom stereocenters. The van der Waals surface area contributed by atoms with Crippen LogP contribution in [0.5, 0.6) is 0 Å². The normalized spacial score (nSPS) is 15.5. The molecular formula is C18H20N4O3S. The van der Waals surface area contributed by atoms with Crippen molar-refractivity contribution in [2.45, 2.75) is 19.4 Å². The summed E-state index contributed by atoms with van der Waals surface area (Å²) >= 11 is 1.59. The Morgan fingerprint density at radius 1 is 1.19 bits per heavy atom. The lowest BCUT2D eigenvalue weighted by Crippen LogP contribution is -2.48. The molecule has 3 aromatic heterocycles. The fourth-order valence-electron chi connectivity index (χ4n) is 3.01. The Labute approximate surface area is 155 Å². The molecule has 1 aliphatic heterocycles. The molecule has 1 aliphatic rings. The molecule has 4 rings (SSSR count). The summed E-state index contributed by atoms with van der Waals surface area (Å²) in [5.41, 5.74) is 0. The lowest BCUT2D eigenvalue weighted by atomic mass is 10.2. The number of furan rings is 1. The van der Waals surface area contributed by atoms with Crippen molar-refractivity contribution in [1.29, 1.82) is 0 Å². The lowest BCUT2D eigenvalue weighted by molar-refractivity contribution is -0.133. The second kappa shape index (κ2) is 7.84. The highest BCUT2D eigenvalue weighted by molar-refractivity contribution is 7.13. The quantitative estimate of drug-likeness (QED) is 0.662. The Hall–Kier alpha value is -2.45. The van der Waals surface area contributed by atoms with E-state index in [-0.39, 0.29) is 5.91 Å². The first-order chi connectivity index (χ1) is 12.8. The van der Waals surface area contributed by atoms with Gasteiger partial charge in [-0.3, -0.25) is 9.69 Å². The maximum atomic E-state index is 12.3. The topological polar surface area (TPSA) is 75.6 Å². The summed E-state index contributed by atoms with van der Waals surface area (Å²) in [5, 5.41) is 6.03. The molecule has 7 nitrogen and oxygen atoms in total. The van der Waals surface area contributed by atoms with Crippen LogP contribution in [-0.4, -0.2) is 52.0 Å². The summed E-state index contributed by atoms with van der Waals surface area (Å²) in [6.07, 6.45) is 2.78. The van der Waals surface area contributed by atoms with Gasteiger partial charge in [-0.15, -0.1) is 11.3 Å². The van der Waals surface area contributed by atoms with Gasteiger partial charge in [0.05, 0.1) is 17.7 Å². The molecule has 0 saturated carbocycles. The molecule has 1 fully saturated rings. The van der Waals surface area contributed by atoms with Crippen LogP contribution in [0.25, 0.3) is 10.7 Å². The smallest absolute Gasteiger partial charge is 0.241 e. The molecule has 0 bridgehead atoms. The lowest BCUT2D eigenvalue weighted by Gasteiger charge is -2.34. The molecule has 26 heavy (non-hydrogen) atoms. The Kier molecular flexibility index (Phi) is 5.12. The zero-order chi connectivity index (χ0) is 17.8. The summed E-state index contributed by atoms with van der Waals surface area (Å²) in [4.78, 5) is 21.9. The maximum Gasteiger partial charge on any atom is 0.241 e. The van der Waals surface area contributed by atoms with Crippen molar-refractivity contribution in [2.75, 3.05) is 26.2 Å². The van der Waals surface area contributed by atoms with Crippen LogP contribution in [0.1, 0.15) is 18.1 Å². The Morgan fingerprint density at radius 3 is 2.81 bits per heavy atom. The number of nitrogens with zero attached hydrogens (tertiary/aromatic N) is 4. The van der Waals surface area contributed by atoms with E-state index in [1.165, 1.54) is 0 Å². The number of carbonyl (C=O) groups is 1. The third-order valence-corrected chi connectivity index (χ3v) is 5.32. The zero-order valence-electron chi connectivity index (χ0n) is 14.3. The number of aromatic nitrogens is 2. The van der Waals surface area contributed by atoms with E-state index in [2.05, 4.69) is 15.0 Å². The summed E-state index contributed by atoms with van der Waals surface area (Å²) in [7, 11) is 0. The summed E-state index contributed by atoms with van der Waals surface area (Å²) < 4.78 is 10.6. The van der Waals surface area contributed by atoms with Crippen molar-refractivity contribution in [3.63, 3.8) is 0 Å². The van der Waals surface area contributed by atoms with Crippen LogP contribution in [0.4, 0.5) is 0 Å². The van der Waals surface area contributed by atoms with Gasteiger partial charge in [0.2, 0.25) is 17.6 Å². The van der Waals surface area contributed by atoms with Crippen molar-refractivity contribution in [3.8, 4) is 10.7 Å². The molecule has 0 unspecified atom stereocenters. The second-order valence-corrected chi connectivity index (χ2v) is 7.17. The Balaban J connectivity index is 1.24. The third kappa shape index (κ3) is 4.03. The van der Waals surface area contributed by atoms with Gasteiger partial charge in [0.1, 0.15) is 5.76 Å². The number of thiophene rings is 1. The molecule has 1 amide bonds.